The second-order valence-electron chi connectivity index (χ2n) is 9.12. The standard InChI is InChI=1S/C25H30N4O5S/c1-15-11-16(2)21(17(3)12-15)8-9-22-24(19(5)27-34-22)35(31,32)29-10-6-7-20(14-29)25(30)26-23-13-18(4)33-28-23/h8-9,11-13,20H,6-7,10,14H2,1-5H3,(H,26,28,30)/b9-8+. The van der Waals surface area contributed by atoms with Gasteiger partial charge in [-0.2, -0.15) is 4.31 Å². The highest BCUT2D eigenvalue weighted by Crippen LogP contribution is 2.30. The Kier molecular flexibility index (Phi) is 6.95. The van der Waals surface area contributed by atoms with Crippen LogP contribution in [-0.2, 0) is 14.8 Å². The quantitative estimate of drug-likeness (QED) is 0.534. The van der Waals surface area contributed by atoms with Crippen molar-refractivity contribution in [2.24, 2.45) is 5.92 Å². The minimum absolute atomic E-state index is 0.0318. The van der Waals surface area contributed by atoms with Crippen LogP contribution in [0.4, 0.5) is 5.82 Å². The molecule has 4 rings (SSSR count). The Hall–Kier alpha value is -3.24. The van der Waals surface area contributed by atoms with Crippen LogP contribution in [-0.4, -0.2) is 42.0 Å². The summed E-state index contributed by atoms with van der Waals surface area (Å²) in [6.45, 7) is 9.79. The average Bonchev–Trinajstić information content (AvgIpc) is 3.38. The van der Waals surface area contributed by atoms with Crippen molar-refractivity contribution in [3.8, 4) is 0 Å². The fourth-order valence-electron chi connectivity index (χ4n) is 4.57. The summed E-state index contributed by atoms with van der Waals surface area (Å²) in [5.74, 6) is 0.272. The molecule has 1 aromatic carbocycles. The van der Waals surface area contributed by atoms with E-state index in [2.05, 4.69) is 27.8 Å². The van der Waals surface area contributed by atoms with Gasteiger partial charge in [0, 0.05) is 19.2 Å². The van der Waals surface area contributed by atoms with Crippen molar-refractivity contribution in [2.45, 2.75) is 52.4 Å². The minimum Gasteiger partial charge on any atom is -0.360 e. The number of nitrogens with zero attached hydrogens (tertiary/aromatic N) is 3. The van der Waals surface area contributed by atoms with Gasteiger partial charge in [0.2, 0.25) is 15.9 Å². The lowest BCUT2D eigenvalue weighted by Gasteiger charge is -2.30. The lowest BCUT2D eigenvalue weighted by molar-refractivity contribution is -0.120. The maximum atomic E-state index is 13.6. The van der Waals surface area contributed by atoms with Crippen molar-refractivity contribution < 1.29 is 22.3 Å². The number of hydrogen-bond donors (Lipinski definition) is 1. The summed E-state index contributed by atoms with van der Waals surface area (Å²) in [5.41, 5.74) is 4.63. The van der Waals surface area contributed by atoms with Gasteiger partial charge in [-0.1, -0.05) is 34.1 Å². The molecular formula is C25H30N4O5S. The number of sulfonamides is 1. The van der Waals surface area contributed by atoms with Gasteiger partial charge < -0.3 is 14.4 Å². The number of anilines is 1. The zero-order valence-corrected chi connectivity index (χ0v) is 21.4. The number of carbonyl (C=O) groups excluding carboxylic acids is 1. The molecule has 35 heavy (non-hydrogen) atoms. The van der Waals surface area contributed by atoms with Crippen molar-refractivity contribution in [1.29, 1.82) is 0 Å². The first-order valence-corrected chi connectivity index (χ1v) is 13.0. The highest BCUT2D eigenvalue weighted by molar-refractivity contribution is 7.89. The maximum Gasteiger partial charge on any atom is 0.248 e. The van der Waals surface area contributed by atoms with Gasteiger partial charge in [0.1, 0.15) is 11.5 Å². The lowest BCUT2D eigenvalue weighted by atomic mass is 9.99. The highest BCUT2D eigenvalue weighted by atomic mass is 32.2. The number of rotatable bonds is 6. The molecule has 0 saturated carbocycles. The van der Waals surface area contributed by atoms with Gasteiger partial charge in [0.25, 0.3) is 0 Å². The Morgan fingerprint density at radius 1 is 1.06 bits per heavy atom. The number of aryl methyl sites for hydroxylation is 5. The van der Waals surface area contributed by atoms with Crippen LogP contribution in [0.25, 0.3) is 12.2 Å². The number of aromatic nitrogens is 2. The topological polar surface area (TPSA) is 119 Å². The van der Waals surface area contributed by atoms with Crippen LogP contribution < -0.4 is 5.32 Å². The summed E-state index contributed by atoms with van der Waals surface area (Å²) in [6, 6.07) is 5.77. The fraction of sp³-hybridized carbons (Fsp3) is 0.400. The van der Waals surface area contributed by atoms with E-state index in [0.717, 1.165) is 16.7 Å². The third-order valence-electron chi connectivity index (χ3n) is 6.20. The number of hydrogen-bond acceptors (Lipinski definition) is 7. The van der Waals surface area contributed by atoms with Gasteiger partial charge in [-0.3, -0.25) is 4.79 Å². The zero-order chi connectivity index (χ0) is 25.3. The molecule has 1 unspecified atom stereocenters. The van der Waals surface area contributed by atoms with E-state index in [4.69, 9.17) is 9.05 Å². The number of amides is 1. The smallest absolute Gasteiger partial charge is 0.248 e. The van der Waals surface area contributed by atoms with Crippen LogP contribution in [0.1, 0.15) is 52.3 Å². The number of carbonyl (C=O) groups is 1. The first kappa shape index (κ1) is 24.9. The van der Waals surface area contributed by atoms with Gasteiger partial charge in [-0.15, -0.1) is 0 Å². The largest absolute Gasteiger partial charge is 0.360 e. The number of benzene rings is 1. The molecule has 1 amide bonds. The molecule has 1 fully saturated rings. The Bertz CT molecular complexity index is 1360. The van der Waals surface area contributed by atoms with E-state index in [1.165, 1.54) is 9.87 Å². The molecule has 1 saturated heterocycles. The molecule has 0 aliphatic carbocycles. The molecule has 9 nitrogen and oxygen atoms in total. The predicted molar refractivity (Wildman–Crippen MR) is 132 cm³/mol. The molecule has 1 atom stereocenters. The van der Waals surface area contributed by atoms with Crippen LogP contribution >= 0.6 is 0 Å². The Morgan fingerprint density at radius 2 is 1.77 bits per heavy atom. The molecular weight excluding hydrogens is 468 g/mol. The highest BCUT2D eigenvalue weighted by Gasteiger charge is 2.37. The van der Waals surface area contributed by atoms with Gasteiger partial charge in [-0.05, 0) is 70.2 Å². The summed E-state index contributed by atoms with van der Waals surface area (Å²) in [6.07, 6.45) is 4.65. The lowest BCUT2D eigenvalue weighted by Crippen LogP contribution is -2.43. The summed E-state index contributed by atoms with van der Waals surface area (Å²) in [7, 11) is -3.93. The Balaban J connectivity index is 1.57. The Morgan fingerprint density at radius 3 is 2.43 bits per heavy atom. The van der Waals surface area contributed by atoms with E-state index in [9.17, 15) is 13.2 Å². The molecule has 2 aromatic heterocycles. The van der Waals surface area contributed by atoms with Crippen molar-refractivity contribution >= 4 is 33.9 Å². The maximum absolute atomic E-state index is 13.6. The van der Waals surface area contributed by atoms with Crippen LogP contribution in [0.2, 0.25) is 0 Å². The normalized spacial score (nSPS) is 17.2. The van der Waals surface area contributed by atoms with Crippen LogP contribution in [0, 0.1) is 40.5 Å². The minimum atomic E-state index is -3.93. The molecule has 186 valence electrons. The SMILES string of the molecule is Cc1cc(C)c(/C=C/c2onc(C)c2S(=O)(=O)N2CCCC(C(=O)Nc3cc(C)on3)C2)c(C)c1. The summed E-state index contributed by atoms with van der Waals surface area (Å²) in [4.78, 5) is 12.8. The average molecular weight is 499 g/mol. The number of piperidine rings is 1. The molecule has 0 spiro atoms. The molecule has 1 aliphatic heterocycles. The second-order valence-corrected chi connectivity index (χ2v) is 11.0. The number of nitrogens with one attached hydrogen (secondary N) is 1. The van der Waals surface area contributed by atoms with E-state index in [0.29, 0.717) is 31.0 Å². The van der Waals surface area contributed by atoms with E-state index in [1.807, 2.05) is 26.8 Å². The van der Waals surface area contributed by atoms with Crippen LogP contribution in [0.15, 0.2) is 32.1 Å². The third-order valence-corrected chi connectivity index (χ3v) is 8.23. The molecule has 3 aromatic rings. The molecule has 1 N–H and O–H groups in total. The zero-order valence-electron chi connectivity index (χ0n) is 20.6. The summed E-state index contributed by atoms with van der Waals surface area (Å²) >= 11 is 0. The first-order valence-electron chi connectivity index (χ1n) is 11.5. The predicted octanol–water partition coefficient (Wildman–Crippen LogP) is 4.41. The van der Waals surface area contributed by atoms with Gasteiger partial charge in [-0.25, -0.2) is 8.42 Å². The van der Waals surface area contributed by atoms with Crippen LogP contribution in [0.3, 0.4) is 0 Å². The monoisotopic (exact) mass is 498 g/mol. The van der Waals surface area contributed by atoms with Crippen molar-refractivity contribution in [3.05, 3.63) is 57.7 Å². The summed E-state index contributed by atoms with van der Waals surface area (Å²) < 4.78 is 39.0. The molecule has 1 aliphatic rings. The van der Waals surface area contributed by atoms with E-state index >= 15 is 0 Å². The van der Waals surface area contributed by atoms with Crippen molar-refractivity contribution in [2.75, 3.05) is 18.4 Å². The van der Waals surface area contributed by atoms with Crippen molar-refractivity contribution in [3.63, 3.8) is 0 Å². The van der Waals surface area contributed by atoms with E-state index < -0.39 is 15.9 Å². The molecule has 0 bridgehead atoms. The summed E-state index contributed by atoms with van der Waals surface area (Å²) in [5, 5.41) is 10.4. The molecule has 0 radical (unpaired) electrons. The van der Waals surface area contributed by atoms with E-state index in [-0.39, 0.29) is 28.8 Å². The third kappa shape index (κ3) is 5.23. The fourth-order valence-corrected chi connectivity index (χ4v) is 6.34. The molecule has 10 heteroatoms. The molecule has 3 heterocycles. The van der Waals surface area contributed by atoms with Gasteiger partial charge >= 0.3 is 0 Å². The van der Waals surface area contributed by atoms with Crippen LogP contribution in [0.5, 0.6) is 0 Å². The second kappa shape index (κ2) is 9.79. The van der Waals surface area contributed by atoms with Gasteiger partial charge in [0.05, 0.1) is 5.92 Å². The van der Waals surface area contributed by atoms with Gasteiger partial charge in [0.15, 0.2) is 16.5 Å². The first-order chi connectivity index (χ1) is 16.6. The van der Waals surface area contributed by atoms with E-state index in [1.54, 1.807) is 26.0 Å². The van der Waals surface area contributed by atoms with Crippen molar-refractivity contribution in [1.82, 2.24) is 14.6 Å². The Labute approximate surface area is 205 Å².